The molecule has 1 aromatic heterocycles. The van der Waals surface area contributed by atoms with Crippen molar-refractivity contribution in [3.8, 4) is 0 Å². The lowest BCUT2D eigenvalue weighted by molar-refractivity contribution is -0.104. The molecule has 128 valence electrons. The lowest BCUT2D eigenvalue weighted by Crippen LogP contribution is -1.95. The van der Waals surface area contributed by atoms with Crippen molar-refractivity contribution in [2.75, 3.05) is 0 Å². The minimum absolute atomic E-state index is 0.349. The number of benzene rings is 2. The van der Waals surface area contributed by atoms with E-state index >= 15 is 0 Å². The van der Waals surface area contributed by atoms with Crippen LogP contribution in [0.25, 0.3) is 11.1 Å². The van der Waals surface area contributed by atoms with Crippen LogP contribution in [0.2, 0.25) is 0 Å². The van der Waals surface area contributed by atoms with E-state index in [4.69, 9.17) is 0 Å². The molecule has 0 spiro atoms. The van der Waals surface area contributed by atoms with Crippen LogP contribution < -0.4 is 0 Å². The molecule has 2 nitrogen and oxygen atoms in total. The molecule has 0 atom stereocenters. The van der Waals surface area contributed by atoms with Crippen LogP contribution in [-0.4, -0.2) is 11.3 Å². The zero-order valence-electron chi connectivity index (χ0n) is 13.8. The van der Waals surface area contributed by atoms with E-state index in [0.717, 1.165) is 27.8 Å². The van der Waals surface area contributed by atoms with Crippen molar-refractivity contribution in [1.29, 1.82) is 0 Å². The second-order valence-corrected chi connectivity index (χ2v) is 5.54. The number of pyridine rings is 1. The molecular formula is C22H15F2NO. The molecule has 3 aromatic rings. The Balaban J connectivity index is 2.32. The van der Waals surface area contributed by atoms with Crippen LogP contribution in [0.15, 0.2) is 85.2 Å². The third-order valence-electron chi connectivity index (χ3n) is 3.85. The number of carbonyl (C=O) groups excluding carboxylic acids is 1. The van der Waals surface area contributed by atoms with E-state index in [0.29, 0.717) is 6.29 Å². The SMILES string of the molecule is O=CC=CC(=C(c1ccc(F)cc1)c1ccc(F)cc1)c1cccnc1. The van der Waals surface area contributed by atoms with Gasteiger partial charge in [-0.25, -0.2) is 8.78 Å². The molecule has 0 aliphatic heterocycles. The molecule has 1 heterocycles. The molecular weight excluding hydrogens is 332 g/mol. The van der Waals surface area contributed by atoms with Gasteiger partial charge < -0.3 is 0 Å². The first kappa shape index (κ1) is 17.4. The fourth-order valence-corrected chi connectivity index (χ4v) is 2.69. The molecule has 26 heavy (non-hydrogen) atoms. The van der Waals surface area contributed by atoms with Gasteiger partial charge in [-0.15, -0.1) is 0 Å². The molecule has 0 fully saturated rings. The Morgan fingerprint density at radius 1 is 0.808 bits per heavy atom. The van der Waals surface area contributed by atoms with Crippen molar-refractivity contribution >= 4 is 17.4 Å². The number of hydrogen-bond donors (Lipinski definition) is 0. The molecule has 3 rings (SSSR count). The predicted octanol–water partition coefficient (Wildman–Crippen LogP) is 5.07. The Morgan fingerprint density at radius 3 is 1.85 bits per heavy atom. The Kier molecular flexibility index (Phi) is 5.44. The first-order valence-corrected chi connectivity index (χ1v) is 7.97. The van der Waals surface area contributed by atoms with Gasteiger partial charge >= 0.3 is 0 Å². The number of aromatic nitrogens is 1. The fourth-order valence-electron chi connectivity index (χ4n) is 2.69. The summed E-state index contributed by atoms with van der Waals surface area (Å²) in [7, 11) is 0. The standard InChI is InChI=1S/C22H15F2NO/c23-19-9-5-16(6-10-19)22(17-7-11-20(24)12-8-17)21(4-2-14-26)18-3-1-13-25-15-18/h1-15H. The summed E-state index contributed by atoms with van der Waals surface area (Å²) in [6, 6.07) is 15.7. The highest BCUT2D eigenvalue weighted by Crippen LogP contribution is 2.33. The molecule has 0 aliphatic rings. The Labute approximate surface area is 150 Å². The lowest BCUT2D eigenvalue weighted by atomic mass is 9.89. The van der Waals surface area contributed by atoms with Crippen LogP contribution in [0.5, 0.6) is 0 Å². The van der Waals surface area contributed by atoms with Gasteiger partial charge in [0.1, 0.15) is 17.9 Å². The number of halogens is 2. The van der Waals surface area contributed by atoms with Crippen molar-refractivity contribution in [2.45, 2.75) is 0 Å². The topological polar surface area (TPSA) is 30.0 Å². The number of nitrogens with zero attached hydrogens (tertiary/aromatic N) is 1. The fraction of sp³-hybridized carbons (Fsp3) is 0. The predicted molar refractivity (Wildman–Crippen MR) is 98.2 cm³/mol. The second kappa shape index (κ2) is 8.12. The summed E-state index contributed by atoms with van der Waals surface area (Å²) in [6.07, 6.45) is 7.07. The van der Waals surface area contributed by atoms with E-state index < -0.39 is 0 Å². The largest absolute Gasteiger partial charge is 0.299 e. The van der Waals surface area contributed by atoms with Gasteiger partial charge in [0.15, 0.2) is 0 Å². The highest BCUT2D eigenvalue weighted by atomic mass is 19.1. The zero-order chi connectivity index (χ0) is 18.4. The lowest BCUT2D eigenvalue weighted by Gasteiger charge is -2.14. The van der Waals surface area contributed by atoms with Gasteiger partial charge in [0.05, 0.1) is 0 Å². The van der Waals surface area contributed by atoms with Crippen molar-refractivity contribution in [2.24, 2.45) is 0 Å². The molecule has 0 radical (unpaired) electrons. The molecule has 0 unspecified atom stereocenters. The van der Waals surface area contributed by atoms with Crippen LogP contribution in [0.3, 0.4) is 0 Å². The number of aldehydes is 1. The Morgan fingerprint density at radius 2 is 1.38 bits per heavy atom. The number of rotatable bonds is 5. The smallest absolute Gasteiger partial charge is 0.142 e. The summed E-state index contributed by atoms with van der Waals surface area (Å²) in [5, 5.41) is 0. The molecule has 0 saturated carbocycles. The first-order valence-electron chi connectivity index (χ1n) is 7.97. The average molecular weight is 347 g/mol. The third kappa shape index (κ3) is 3.98. The number of hydrogen-bond acceptors (Lipinski definition) is 2. The summed E-state index contributed by atoms with van der Waals surface area (Å²) in [4.78, 5) is 15.0. The summed E-state index contributed by atoms with van der Waals surface area (Å²) in [5.74, 6) is -0.697. The van der Waals surface area contributed by atoms with Gasteiger partial charge in [-0.2, -0.15) is 0 Å². The average Bonchev–Trinajstić information content (AvgIpc) is 2.68. The maximum Gasteiger partial charge on any atom is 0.142 e. The van der Waals surface area contributed by atoms with E-state index in [9.17, 15) is 13.6 Å². The van der Waals surface area contributed by atoms with E-state index in [1.807, 2.05) is 6.07 Å². The zero-order valence-corrected chi connectivity index (χ0v) is 13.8. The van der Waals surface area contributed by atoms with E-state index in [-0.39, 0.29) is 11.6 Å². The maximum atomic E-state index is 13.4. The first-order chi connectivity index (χ1) is 12.7. The van der Waals surface area contributed by atoms with E-state index in [2.05, 4.69) is 4.98 Å². The normalized spacial score (nSPS) is 10.7. The molecule has 2 aromatic carbocycles. The highest BCUT2D eigenvalue weighted by molar-refractivity contribution is 6.02. The minimum atomic E-state index is -0.349. The summed E-state index contributed by atoms with van der Waals surface area (Å²) < 4.78 is 26.8. The van der Waals surface area contributed by atoms with Crippen molar-refractivity contribution in [1.82, 2.24) is 4.98 Å². The van der Waals surface area contributed by atoms with Crippen molar-refractivity contribution < 1.29 is 13.6 Å². The van der Waals surface area contributed by atoms with Gasteiger partial charge in [-0.1, -0.05) is 36.4 Å². The Bertz CT molecular complexity index is 896. The molecule has 0 amide bonds. The van der Waals surface area contributed by atoms with E-state index in [1.165, 1.54) is 30.3 Å². The van der Waals surface area contributed by atoms with E-state index in [1.54, 1.807) is 48.8 Å². The quantitative estimate of drug-likeness (QED) is 0.366. The van der Waals surface area contributed by atoms with Crippen LogP contribution in [-0.2, 0) is 4.79 Å². The summed E-state index contributed by atoms with van der Waals surface area (Å²) in [5.41, 5.74) is 3.74. The molecule has 0 saturated heterocycles. The van der Waals surface area contributed by atoms with Crippen LogP contribution >= 0.6 is 0 Å². The third-order valence-corrected chi connectivity index (χ3v) is 3.85. The van der Waals surface area contributed by atoms with Gasteiger partial charge in [-0.3, -0.25) is 9.78 Å². The molecule has 0 N–H and O–H groups in total. The van der Waals surface area contributed by atoms with Gasteiger partial charge in [0.25, 0.3) is 0 Å². The van der Waals surface area contributed by atoms with Crippen LogP contribution in [0.1, 0.15) is 16.7 Å². The van der Waals surface area contributed by atoms with Crippen molar-refractivity contribution in [3.05, 3.63) is 114 Å². The van der Waals surface area contributed by atoms with Crippen LogP contribution in [0, 0.1) is 11.6 Å². The van der Waals surface area contributed by atoms with Gasteiger partial charge in [-0.05, 0) is 58.7 Å². The Hall–Kier alpha value is -3.40. The molecule has 4 heteroatoms. The second-order valence-electron chi connectivity index (χ2n) is 5.54. The van der Waals surface area contributed by atoms with Crippen LogP contribution in [0.4, 0.5) is 8.78 Å². The van der Waals surface area contributed by atoms with Gasteiger partial charge in [0, 0.05) is 18.0 Å². The molecule has 0 aliphatic carbocycles. The number of allylic oxidation sites excluding steroid dienone is 3. The highest BCUT2D eigenvalue weighted by Gasteiger charge is 2.13. The monoisotopic (exact) mass is 347 g/mol. The van der Waals surface area contributed by atoms with Crippen molar-refractivity contribution in [3.63, 3.8) is 0 Å². The molecule has 0 bridgehead atoms. The number of carbonyl (C=O) groups is 1. The minimum Gasteiger partial charge on any atom is -0.299 e. The summed E-state index contributed by atoms with van der Waals surface area (Å²) >= 11 is 0. The summed E-state index contributed by atoms with van der Waals surface area (Å²) in [6.45, 7) is 0. The maximum absolute atomic E-state index is 13.4. The van der Waals surface area contributed by atoms with Gasteiger partial charge in [0.2, 0.25) is 0 Å².